The second-order valence-electron chi connectivity index (χ2n) is 5.96. The molecule has 1 unspecified atom stereocenters. The quantitative estimate of drug-likeness (QED) is 0.763. The van der Waals surface area contributed by atoms with Crippen LogP contribution >= 0.6 is 0 Å². The highest BCUT2D eigenvalue weighted by molar-refractivity contribution is 6.11. The largest absolute Gasteiger partial charge is 0.508 e. The van der Waals surface area contributed by atoms with E-state index in [1.807, 2.05) is 43.3 Å². The third-order valence-electron chi connectivity index (χ3n) is 4.72. The van der Waals surface area contributed by atoms with Crippen LogP contribution in [0.3, 0.4) is 0 Å². The Bertz CT molecular complexity index is 966. The summed E-state index contributed by atoms with van der Waals surface area (Å²) in [6.07, 6.45) is 0. The van der Waals surface area contributed by atoms with Gasteiger partial charge in [-0.1, -0.05) is 48.5 Å². The number of phenolic OH excluding ortho intramolecular Hbond substituents is 1. The molecule has 0 saturated carbocycles. The van der Waals surface area contributed by atoms with Gasteiger partial charge in [0.25, 0.3) is 5.91 Å². The van der Waals surface area contributed by atoms with Gasteiger partial charge in [0, 0.05) is 17.7 Å². The van der Waals surface area contributed by atoms with Crippen LogP contribution in [0.2, 0.25) is 0 Å². The number of aromatic hydroxyl groups is 1. The van der Waals surface area contributed by atoms with Crippen molar-refractivity contribution in [3.63, 3.8) is 0 Å². The molecule has 0 aliphatic carbocycles. The highest BCUT2D eigenvalue weighted by Crippen LogP contribution is 2.48. The zero-order valence-electron chi connectivity index (χ0n) is 13.2. The number of hydrogen-bond donors (Lipinski definition) is 2. The molecule has 120 valence electrons. The van der Waals surface area contributed by atoms with Gasteiger partial charge in [0.15, 0.2) is 0 Å². The number of carbonyl (C=O) groups is 1. The molecule has 3 aromatic rings. The predicted octanol–water partition coefficient (Wildman–Crippen LogP) is 3.15. The maximum absolute atomic E-state index is 13.1. The highest BCUT2D eigenvalue weighted by Gasteiger charge is 2.52. The van der Waals surface area contributed by atoms with Gasteiger partial charge in [0.2, 0.25) is 5.60 Å². The van der Waals surface area contributed by atoms with E-state index < -0.39 is 11.5 Å². The van der Waals surface area contributed by atoms with Crippen LogP contribution < -0.4 is 4.90 Å². The number of likely N-dealkylation sites (N-methyl/N-ethyl adjacent to an activating group) is 1. The highest BCUT2D eigenvalue weighted by atomic mass is 16.3. The van der Waals surface area contributed by atoms with Crippen molar-refractivity contribution in [1.82, 2.24) is 0 Å². The van der Waals surface area contributed by atoms with Crippen molar-refractivity contribution in [2.75, 3.05) is 11.4 Å². The number of nitrogens with zero attached hydrogens (tertiary/aromatic N) is 1. The molecule has 4 rings (SSSR count). The maximum Gasteiger partial charge on any atom is 0.268 e. The normalized spacial score (nSPS) is 19.8. The standard InChI is InChI=1S/C20H17NO3/c1-2-21-16-10-6-5-9-15(16)20(24,19(21)23)18-14-8-4-3-7-13(14)11-12-17(18)22/h3-12,22,24H,2H2,1H3. The number of para-hydroxylation sites is 1. The van der Waals surface area contributed by atoms with Crippen LogP contribution in [0.25, 0.3) is 10.8 Å². The first-order valence-electron chi connectivity index (χ1n) is 7.94. The molecule has 0 saturated heterocycles. The molecule has 1 heterocycles. The average molecular weight is 319 g/mol. The SMILES string of the molecule is CCN1C(=O)C(O)(c2c(O)ccc3ccccc23)c2ccccc21. The van der Waals surface area contributed by atoms with Crippen molar-refractivity contribution in [1.29, 1.82) is 0 Å². The lowest BCUT2D eigenvalue weighted by Gasteiger charge is -2.25. The van der Waals surface area contributed by atoms with Crippen LogP contribution in [0, 0.1) is 0 Å². The molecule has 4 heteroatoms. The lowest BCUT2D eigenvalue weighted by Crippen LogP contribution is -2.41. The summed E-state index contributed by atoms with van der Waals surface area (Å²) in [6, 6.07) is 17.9. The summed E-state index contributed by atoms with van der Waals surface area (Å²) < 4.78 is 0. The fraction of sp³-hybridized carbons (Fsp3) is 0.150. The molecule has 1 amide bonds. The van der Waals surface area contributed by atoms with E-state index in [9.17, 15) is 15.0 Å². The van der Waals surface area contributed by atoms with Crippen molar-refractivity contribution in [3.8, 4) is 5.75 Å². The summed E-state index contributed by atoms with van der Waals surface area (Å²) in [4.78, 5) is 14.6. The fourth-order valence-electron chi connectivity index (χ4n) is 3.63. The van der Waals surface area contributed by atoms with Crippen molar-refractivity contribution >= 4 is 22.4 Å². The number of phenols is 1. The van der Waals surface area contributed by atoms with E-state index in [2.05, 4.69) is 0 Å². The lowest BCUT2D eigenvalue weighted by atomic mass is 9.84. The van der Waals surface area contributed by atoms with Gasteiger partial charge in [-0.05, 0) is 29.8 Å². The van der Waals surface area contributed by atoms with Crippen LogP contribution in [0.1, 0.15) is 18.1 Å². The number of hydrogen-bond acceptors (Lipinski definition) is 3. The van der Waals surface area contributed by atoms with Crippen molar-refractivity contribution in [2.45, 2.75) is 12.5 Å². The Balaban J connectivity index is 2.10. The molecule has 0 bridgehead atoms. The third-order valence-corrected chi connectivity index (χ3v) is 4.72. The van der Waals surface area contributed by atoms with Gasteiger partial charge >= 0.3 is 0 Å². The van der Waals surface area contributed by atoms with Crippen molar-refractivity contribution in [2.24, 2.45) is 0 Å². The molecule has 0 fully saturated rings. The molecule has 24 heavy (non-hydrogen) atoms. The van der Waals surface area contributed by atoms with Crippen LogP contribution in [-0.4, -0.2) is 22.7 Å². The molecule has 1 atom stereocenters. The van der Waals surface area contributed by atoms with Crippen LogP contribution in [0.4, 0.5) is 5.69 Å². The molecule has 1 aliphatic rings. The second-order valence-corrected chi connectivity index (χ2v) is 5.96. The van der Waals surface area contributed by atoms with Crippen molar-refractivity contribution in [3.05, 3.63) is 71.8 Å². The Morgan fingerprint density at radius 2 is 1.71 bits per heavy atom. The molecule has 0 spiro atoms. The smallest absolute Gasteiger partial charge is 0.268 e. The first-order valence-corrected chi connectivity index (χ1v) is 7.94. The molecular weight excluding hydrogens is 302 g/mol. The number of fused-ring (bicyclic) bond motifs is 2. The minimum Gasteiger partial charge on any atom is -0.508 e. The summed E-state index contributed by atoms with van der Waals surface area (Å²) in [5.41, 5.74) is -0.463. The third kappa shape index (κ3) is 1.74. The summed E-state index contributed by atoms with van der Waals surface area (Å²) in [5.74, 6) is -0.518. The van der Waals surface area contributed by atoms with E-state index >= 15 is 0 Å². The van der Waals surface area contributed by atoms with Crippen molar-refractivity contribution < 1.29 is 15.0 Å². The molecule has 3 aromatic carbocycles. The predicted molar refractivity (Wildman–Crippen MR) is 93.1 cm³/mol. The van der Waals surface area contributed by atoms with Gasteiger partial charge in [0.1, 0.15) is 5.75 Å². The Hall–Kier alpha value is -2.85. The minimum absolute atomic E-state index is 0.0858. The Kier molecular flexibility index (Phi) is 3.11. The number of amides is 1. The van der Waals surface area contributed by atoms with Gasteiger partial charge in [-0.2, -0.15) is 0 Å². The van der Waals surface area contributed by atoms with Crippen LogP contribution in [-0.2, 0) is 10.4 Å². The Morgan fingerprint density at radius 1 is 1.00 bits per heavy atom. The lowest BCUT2D eigenvalue weighted by molar-refractivity contribution is -0.132. The summed E-state index contributed by atoms with van der Waals surface area (Å²) in [5, 5.41) is 23.5. The van der Waals surface area contributed by atoms with E-state index in [-0.39, 0.29) is 11.3 Å². The first-order chi connectivity index (χ1) is 11.6. The van der Waals surface area contributed by atoms with Gasteiger partial charge in [-0.25, -0.2) is 0 Å². The van der Waals surface area contributed by atoms with E-state index in [0.717, 1.165) is 5.39 Å². The fourth-order valence-corrected chi connectivity index (χ4v) is 3.63. The molecule has 2 N–H and O–H groups in total. The maximum atomic E-state index is 13.1. The zero-order valence-corrected chi connectivity index (χ0v) is 13.2. The van der Waals surface area contributed by atoms with Gasteiger partial charge in [0.05, 0.1) is 5.69 Å². The van der Waals surface area contributed by atoms with E-state index in [1.54, 1.807) is 23.1 Å². The number of carbonyl (C=O) groups excluding carboxylic acids is 1. The summed E-state index contributed by atoms with van der Waals surface area (Å²) in [6.45, 7) is 2.31. The summed E-state index contributed by atoms with van der Waals surface area (Å²) >= 11 is 0. The Morgan fingerprint density at radius 3 is 2.50 bits per heavy atom. The topological polar surface area (TPSA) is 60.8 Å². The Labute approximate surface area is 139 Å². The molecule has 0 aromatic heterocycles. The number of rotatable bonds is 2. The average Bonchev–Trinajstić information content (AvgIpc) is 2.83. The van der Waals surface area contributed by atoms with E-state index in [4.69, 9.17) is 0 Å². The monoisotopic (exact) mass is 319 g/mol. The molecule has 0 radical (unpaired) electrons. The molecule has 4 nitrogen and oxygen atoms in total. The van der Waals surface area contributed by atoms with Gasteiger partial charge < -0.3 is 15.1 Å². The first kappa shape index (κ1) is 14.7. The number of anilines is 1. The molecular formula is C20H17NO3. The number of benzene rings is 3. The van der Waals surface area contributed by atoms with Gasteiger partial charge in [-0.3, -0.25) is 4.79 Å². The molecule has 1 aliphatic heterocycles. The zero-order chi connectivity index (χ0) is 16.9. The van der Waals surface area contributed by atoms with Crippen LogP contribution in [0.5, 0.6) is 5.75 Å². The van der Waals surface area contributed by atoms with E-state index in [1.165, 1.54) is 6.07 Å². The second kappa shape index (κ2) is 5.08. The number of aliphatic hydroxyl groups is 1. The van der Waals surface area contributed by atoms with Crippen LogP contribution in [0.15, 0.2) is 60.7 Å². The van der Waals surface area contributed by atoms with E-state index in [0.29, 0.717) is 23.2 Å². The minimum atomic E-state index is -1.89. The van der Waals surface area contributed by atoms with Gasteiger partial charge in [-0.15, -0.1) is 0 Å². The summed E-state index contributed by atoms with van der Waals surface area (Å²) in [7, 11) is 0.